The van der Waals surface area contributed by atoms with Crippen LogP contribution in [0.15, 0.2) is 18.2 Å². The average molecular weight is 243 g/mol. The number of hydrogen-bond acceptors (Lipinski definition) is 2. The van der Waals surface area contributed by atoms with Crippen molar-refractivity contribution in [2.45, 2.75) is 32.2 Å². The summed E-state index contributed by atoms with van der Waals surface area (Å²) >= 11 is 0. The van der Waals surface area contributed by atoms with Gasteiger partial charge in [0.25, 0.3) is 0 Å². The van der Waals surface area contributed by atoms with E-state index in [1.807, 2.05) is 6.92 Å². The highest BCUT2D eigenvalue weighted by atomic mass is 19.1. The van der Waals surface area contributed by atoms with E-state index in [4.69, 9.17) is 10.5 Å². The molecule has 0 heterocycles. The van der Waals surface area contributed by atoms with Gasteiger partial charge in [-0.15, -0.1) is 0 Å². The molecule has 0 aliphatic carbocycles. The Labute approximate surface area is 101 Å². The fraction of sp³-hybridized carbons (Fsp3) is 0.538. The maximum atomic E-state index is 13.3. The average Bonchev–Trinajstić information content (AvgIpc) is 2.30. The minimum Gasteiger partial charge on any atom is -0.382 e. The van der Waals surface area contributed by atoms with Crippen LogP contribution >= 0.6 is 0 Å². The zero-order chi connectivity index (χ0) is 12.7. The summed E-state index contributed by atoms with van der Waals surface area (Å²) in [6.07, 6.45) is 1.74. The van der Waals surface area contributed by atoms with Crippen molar-refractivity contribution in [1.29, 1.82) is 0 Å². The second-order valence-electron chi connectivity index (χ2n) is 4.00. The Balaban J connectivity index is 2.42. The van der Waals surface area contributed by atoms with E-state index >= 15 is 0 Å². The fourth-order valence-corrected chi connectivity index (χ4v) is 1.68. The van der Waals surface area contributed by atoms with E-state index in [2.05, 4.69) is 0 Å². The van der Waals surface area contributed by atoms with Crippen LogP contribution in [0.5, 0.6) is 0 Å². The summed E-state index contributed by atoms with van der Waals surface area (Å²) in [7, 11) is 0. The van der Waals surface area contributed by atoms with E-state index in [0.717, 1.165) is 6.42 Å². The number of rotatable bonds is 7. The van der Waals surface area contributed by atoms with Crippen LogP contribution in [0.25, 0.3) is 0 Å². The lowest BCUT2D eigenvalue weighted by molar-refractivity contribution is 0.142. The highest BCUT2D eigenvalue weighted by Gasteiger charge is 2.12. The third-order valence-electron chi connectivity index (χ3n) is 2.60. The number of hydrogen-bond donors (Lipinski definition) is 1. The molecule has 0 spiro atoms. The first-order valence-electron chi connectivity index (χ1n) is 5.91. The molecule has 2 nitrogen and oxygen atoms in total. The maximum absolute atomic E-state index is 13.3. The van der Waals surface area contributed by atoms with Gasteiger partial charge in [0.15, 0.2) is 0 Å². The van der Waals surface area contributed by atoms with Gasteiger partial charge in [-0.25, -0.2) is 8.78 Å². The summed E-state index contributed by atoms with van der Waals surface area (Å²) in [5, 5.41) is 0. The zero-order valence-electron chi connectivity index (χ0n) is 10.1. The van der Waals surface area contributed by atoms with E-state index in [-0.39, 0.29) is 18.0 Å². The highest BCUT2D eigenvalue weighted by Crippen LogP contribution is 2.15. The van der Waals surface area contributed by atoms with Gasteiger partial charge in [0.1, 0.15) is 11.6 Å². The van der Waals surface area contributed by atoms with Gasteiger partial charge in [-0.3, -0.25) is 0 Å². The highest BCUT2D eigenvalue weighted by molar-refractivity contribution is 5.20. The van der Waals surface area contributed by atoms with Gasteiger partial charge >= 0.3 is 0 Å². The number of nitrogens with two attached hydrogens (primary N) is 1. The van der Waals surface area contributed by atoms with Gasteiger partial charge in [0.2, 0.25) is 0 Å². The third-order valence-corrected chi connectivity index (χ3v) is 2.60. The third kappa shape index (κ3) is 4.79. The van der Waals surface area contributed by atoms with Gasteiger partial charge in [0, 0.05) is 24.8 Å². The summed E-state index contributed by atoms with van der Waals surface area (Å²) in [4.78, 5) is 0. The normalized spacial score (nSPS) is 12.7. The smallest absolute Gasteiger partial charge is 0.129 e. The molecule has 0 saturated carbocycles. The number of benzene rings is 1. The van der Waals surface area contributed by atoms with E-state index in [1.165, 1.54) is 18.2 Å². The van der Waals surface area contributed by atoms with Crippen LogP contribution in [-0.2, 0) is 11.2 Å². The Morgan fingerprint density at radius 2 is 1.94 bits per heavy atom. The standard InChI is InChI=1S/C13H19F2NO/c1-2-17-8-4-5-10(16)9-11-12(14)6-3-7-13(11)15/h3,6-7,10H,2,4-5,8-9,16H2,1H3. The molecule has 0 aliphatic rings. The predicted molar refractivity (Wildman–Crippen MR) is 63.8 cm³/mol. The Kier molecular flexibility index (Phi) is 6.08. The van der Waals surface area contributed by atoms with E-state index < -0.39 is 11.6 Å². The molecule has 0 bridgehead atoms. The van der Waals surface area contributed by atoms with Crippen molar-refractivity contribution in [2.24, 2.45) is 5.73 Å². The fourth-order valence-electron chi connectivity index (χ4n) is 1.68. The Bertz CT molecular complexity index is 324. The molecule has 96 valence electrons. The Morgan fingerprint density at radius 1 is 1.29 bits per heavy atom. The molecular formula is C13H19F2NO. The van der Waals surface area contributed by atoms with Crippen LogP contribution in [0, 0.1) is 11.6 Å². The van der Waals surface area contributed by atoms with Crippen molar-refractivity contribution in [1.82, 2.24) is 0 Å². The monoisotopic (exact) mass is 243 g/mol. The molecule has 1 aromatic rings. The van der Waals surface area contributed by atoms with Crippen molar-refractivity contribution in [2.75, 3.05) is 13.2 Å². The van der Waals surface area contributed by atoms with E-state index in [0.29, 0.717) is 19.6 Å². The minimum absolute atomic E-state index is 0.0800. The van der Waals surface area contributed by atoms with Crippen molar-refractivity contribution in [3.63, 3.8) is 0 Å². The van der Waals surface area contributed by atoms with Crippen molar-refractivity contribution in [3.05, 3.63) is 35.4 Å². The quantitative estimate of drug-likeness (QED) is 0.747. The lowest BCUT2D eigenvalue weighted by atomic mass is 10.0. The van der Waals surface area contributed by atoms with Gasteiger partial charge in [-0.05, 0) is 38.3 Å². The molecule has 17 heavy (non-hydrogen) atoms. The predicted octanol–water partition coefficient (Wildman–Crippen LogP) is 2.65. The van der Waals surface area contributed by atoms with Crippen LogP contribution in [0.4, 0.5) is 8.78 Å². The minimum atomic E-state index is -0.523. The molecule has 0 fully saturated rings. The van der Waals surface area contributed by atoms with Crippen molar-refractivity contribution in [3.8, 4) is 0 Å². The first-order chi connectivity index (χ1) is 8.15. The van der Waals surface area contributed by atoms with Crippen LogP contribution in [0.1, 0.15) is 25.3 Å². The molecule has 0 radical (unpaired) electrons. The molecule has 1 aromatic carbocycles. The largest absolute Gasteiger partial charge is 0.382 e. The SMILES string of the molecule is CCOCCCC(N)Cc1c(F)cccc1F. The van der Waals surface area contributed by atoms with Crippen molar-refractivity contribution >= 4 is 0 Å². The maximum Gasteiger partial charge on any atom is 0.129 e. The van der Waals surface area contributed by atoms with E-state index in [1.54, 1.807) is 0 Å². The molecule has 0 amide bonds. The molecule has 0 saturated heterocycles. The van der Waals surface area contributed by atoms with Crippen LogP contribution in [-0.4, -0.2) is 19.3 Å². The molecule has 0 aromatic heterocycles. The molecule has 4 heteroatoms. The van der Waals surface area contributed by atoms with Gasteiger partial charge < -0.3 is 10.5 Å². The topological polar surface area (TPSA) is 35.2 Å². The molecular weight excluding hydrogens is 224 g/mol. The molecule has 2 N–H and O–H groups in total. The first-order valence-corrected chi connectivity index (χ1v) is 5.91. The molecule has 1 atom stereocenters. The van der Waals surface area contributed by atoms with Crippen LogP contribution in [0.2, 0.25) is 0 Å². The Morgan fingerprint density at radius 3 is 2.53 bits per heavy atom. The molecule has 1 rings (SSSR count). The van der Waals surface area contributed by atoms with Crippen molar-refractivity contribution < 1.29 is 13.5 Å². The van der Waals surface area contributed by atoms with Gasteiger partial charge in [0.05, 0.1) is 0 Å². The lowest BCUT2D eigenvalue weighted by Crippen LogP contribution is -2.24. The zero-order valence-corrected chi connectivity index (χ0v) is 10.1. The second kappa shape index (κ2) is 7.35. The first kappa shape index (κ1) is 14.1. The number of halogens is 2. The summed E-state index contributed by atoms with van der Waals surface area (Å²) in [5.74, 6) is -1.05. The summed E-state index contributed by atoms with van der Waals surface area (Å²) in [6.45, 7) is 3.25. The molecule has 1 unspecified atom stereocenters. The Hall–Kier alpha value is -1.00. The van der Waals surface area contributed by atoms with Gasteiger partial charge in [-0.1, -0.05) is 6.07 Å². The summed E-state index contributed by atoms with van der Waals surface area (Å²) in [6, 6.07) is 3.63. The number of ether oxygens (including phenoxy) is 1. The van der Waals surface area contributed by atoms with Crippen LogP contribution in [0.3, 0.4) is 0 Å². The summed E-state index contributed by atoms with van der Waals surface area (Å²) in [5.41, 5.74) is 5.92. The summed E-state index contributed by atoms with van der Waals surface area (Å²) < 4.78 is 31.8. The van der Waals surface area contributed by atoms with Crippen LogP contribution < -0.4 is 5.73 Å². The lowest BCUT2D eigenvalue weighted by Gasteiger charge is -2.12. The van der Waals surface area contributed by atoms with E-state index in [9.17, 15) is 8.78 Å². The van der Waals surface area contributed by atoms with Gasteiger partial charge in [-0.2, -0.15) is 0 Å². The second-order valence-corrected chi connectivity index (χ2v) is 4.00. The molecule has 0 aliphatic heterocycles.